The molecule has 0 radical (unpaired) electrons. The number of carbonyl (C=O) groups excluding carboxylic acids is 2. The molecule has 10 heteroatoms. The summed E-state index contributed by atoms with van der Waals surface area (Å²) in [7, 11) is 1.79. The maximum Gasteiger partial charge on any atom is 0.272 e. The number of aryl methyl sites for hydroxylation is 1. The molecule has 3 N–H and O–H groups in total. The lowest BCUT2D eigenvalue weighted by atomic mass is 10.1. The Morgan fingerprint density at radius 2 is 1.50 bits per heavy atom. The highest BCUT2D eigenvalue weighted by atomic mass is 16.2. The maximum atomic E-state index is 13.0. The zero-order valence-corrected chi connectivity index (χ0v) is 18.7. The van der Waals surface area contributed by atoms with Crippen LogP contribution in [0.15, 0.2) is 61.1 Å². The molecule has 1 aliphatic rings. The molecular weight excluding hydrogens is 432 g/mol. The van der Waals surface area contributed by atoms with E-state index in [1.807, 2.05) is 36.4 Å². The number of para-hydroxylation sites is 2. The molecule has 0 aliphatic carbocycles. The summed E-state index contributed by atoms with van der Waals surface area (Å²) in [5.74, 6) is 0.632. The van der Waals surface area contributed by atoms with Crippen LogP contribution in [0.4, 0.5) is 17.3 Å². The van der Waals surface area contributed by atoms with E-state index in [-0.39, 0.29) is 11.8 Å². The second-order valence-corrected chi connectivity index (χ2v) is 8.12. The molecule has 0 saturated carbocycles. The minimum atomic E-state index is -0.0708. The largest absolute Gasteiger partial charge is 0.381 e. The summed E-state index contributed by atoms with van der Waals surface area (Å²) in [4.78, 5) is 42.1. The standard InChI is InChI=1S/C24H24N8O2/c1-30-15-26-14-20(30)24(34)32-12-10-31(11-13-32)23(33)16-6-8-17(9-7-16)27-22-21(25)28-18-4-2-3-5-19(18)29-22/h2-9,14-15H,10-13H2,1H3,(H2,25,28)(H,27,29). The molecule has 34 heavy (non-hydrogen) atoms. The van der Waals surface area contributed by atoms with Crippen LogP contribution >= 0.6 is 0 Å². The van der Waals surface area contributed by atoms with Crippen molar-refractivity contribution in [2.45, 2.75) is 0 Å². The summed E-state index contributed by atoms with van der Waals surface area (Å²) < 4.78 is 1.70. The first kappa shape index (κ1) is 21.4. The van der Waals surface area contributed by atoms with Crippen molar-refractivity contribution in [1.82, 2.24) is 29.3 Å². The molecule has 0 unspecified atom stereocenters. The fourth-order valence-electron chi connectivity index (χ4n) is 3.96. The third kappa shape index (κ3) is 4.13. The van der Waals surface area contributed by atoms with Gasteiger partial charge < -0.3 is 25.4 Å². The number of amides is 2. The van der Waals surface area contributed by atoms with Crippen LogP contribution in [0.2, 0.25) is 0 Å². The van der Waals surface area contributed by atoms with Crippen molar-refractivity contribution in [2.75, 3.05) is 37.2 Å². The molecule has 4 aromatic rings. The minimum Gasteiger partial charge on any atom is -0.381 e. The number of carbonyl (C=O) groups is 2. The van der Waals surface area contributed by atoms with Gasteiger partial charge in [0.15, 0.2) is 11.6 Å². The molecule has 3 heterocycles. The maximum absolute atomic E-state index is 13.0. The van der Waals surface area contributed by atoms with E-state index in [0.29, 0.717) is 49.1 Å². The highest BCUT2D eigenvalue weighted by molar-refractivity contribution is 5.95. The average molecular weight is 457 g/mol. The Morgan fingerprint density at radius 1 is 0.882 bits per heavy atom. The van der Waals surface area contributed by atoms with Gasteiger partial charge in [-0.3, -0.25) is 9.59 Å². The van der Waals surface area contributed by atoms with Crippen LogP contribution in [0.5, 0.6) is 0 Å². The Balaban J connectivity index is 1.22. The third-order valence-corrected chi connectivity index (χ3v) is 5.88. The average Bonchev–Trinajstić information content (AvgIpc) is 3.30. The quantitative estimate of drug-likeness (QED) is 0.483. The number of nitrogen functional groups attached to an aromatic ring is 1. The van der Waals surface area contributed by atoms with Crippen LogP contribution in [0, 0.1) is 0 Å². The van der Waals surface area contributed by atoms with E-state index in [2.05, 4.69) is 20.3 Å². The number of fused-ring (bicyclic) bond motifs is 1. The van der Waals surface area contributed by atoms with Crippen molar-refractivity contribution in [3.63, 3.8) is 0 Å². The highest BCUT2D eigenvalue weighted by Crippen LogP contribution is 2.23. The zero-order valence-electron chi connectivity index (χ0n) is 18.7. The van der Waals surface area contributed by atoms with E-state index in [0.717, 1.165) is 16.7 Å². The van der Waals surface area contributed by atoms with Gasteiger partial charge in [-0.25, -0.2) is 15.0 Å². The van der Waals surface area contributed by atoms with Gasteiger partial charge in [-0.1, -0.05) is 12.1 Å². The number of hydrogen-bond donors (Lipinski definition) is 2. The normalized spacial score (nSPS) is 13.8. The van der Waals surface area contributed by atoms with Crippen molar-refractivity contribution in [3.05, 3.63) is 72.3 Å². The predicted octanol–water partition coefficient (Wildman–Crippen LogP) is 2.29. The summed E-state index contributed by atoms with van der Waals surface area (Å²) in [6.07, 6.45) is 3.17. The number of benzene rings is 2. The number of rotatable bonds is 4. The van der Waals surface area contributed by atoms with Gasteiger partial charge in [-0.15, -0.1) is 0 Å². The number of nitrogens with one attached hydrogen (secondary N) is 1. The third-order valence-electron chi connectivity index (χ3n) is 5.88. The van der Waals surface area contributed by atoms with Gasteiger partial charge in [0.2, 0.25) is 0 Å². The van der Waals surface area contributed by atoms with E-state index in [9.17, 15) is 9.59 Å². The highest BCUT2D eigenvalue weighted by Gasteiger charge is 2.26. The second kappa shape index (κ2) is 8.81. The van der Waals surface area contributed by atoms with E-state index < -0.39 is 0 Å². The monoisotopic (exact) mass is 456 g/mol. The van der Waals surface area contributed by atoms with Crippen molar-refractivity contribution in [1.29, 1.82) is 0 Å². The Bertz CT molecular complexity index is 1360. The van der Waals surface area contributed by atoms with E-state index in [1.165, 1.54) is 0 Å². The molecule has 172 valence electrons. The first-order chi connectivity index (χ1) is 16.5. The number of hydrogen-bond acceptors (Lipinski definition) is 7. The van der Waals surface area contributed by atoms with Crippen LogP contribution < -0.4 is 11.1 Å². The summed E-state index contributed by atoms with van der Waals surface area (Å²) in [6, 6.07) is 14.7. The topological polar surface area (TPSA) is 122 Å². The molecule has 10 nitrogen and oxygen atoms in total. The molecule has 1 saturated heterocycles. The van der Waals surface area contributed by atoms with Gasteiger partial charge in [0, 0.05) is 44.5 Å². The van der Waals surface area contributed by atoms with Gasteiger partial charge >= 0.3 is 0 Å². The number of imidazole rings is 1. The van der Waals surface area contributed by atoms with Gasteiger partial charge in [-0.2, -0.15) is 0 Å². The van der Waals surface area contributed by atoms with Gasteiger partial charge in [-0.05, 0) is 36.4 Å². The number of anilines is 3. The SMILES string of the molecule is Cn1cncc1C(=O)N1CCN(C(=O)c2ccc(Nc3nc4ccccc4nc3N)cc2)CC1. The van der Waals surface area contributed by atoms with E-state index >= 15 is 0 Å². The van der Waals surface area contributed by atoms with Crippen molar-refractivity contribution in [3.8, 4) is 0 Å². The molecule has 0 spiro atoms. The smallest absolute Gasteiger partial charge is 0.272 e. The van der Waals surface area contributed by atoms with Crippen LogP contribution in [0.25, 0.3) is 11.0 Å². The first-order valence-corrected chi connectivity index (χ1v) is 10.9. The molecule has 2 amide bonds. The molecule has 0 bridgehead atoms. The second-order valence-electron chi connectivity index (χ2n) is 8.12. The summed E-state index contributed by atoms with van der Waals surface area (Å²) in [6.45, 7) is 1.92. The minimum absolute atomic E-state index is 0.0656. The number of aromatic nitrogens is 4. The van der Waals surface area contributed by atoms with Crippen LogP contribution in [-0.2, 0) is 7.05 Å². The number of piperazine rings is 1. The lowest BCUT2D eigenvalue weighted by molar-refractivity contribution is 0.0530. The van der Waals surface area contributed by atoms with Crippen molar-refractivity contribution in [2.24, 2.45) is 7.05 Å². The van der Waals surface area contributed by atoms with Gasteiger partial charge in [0.1, 0.15) is 5.69 Å². The first-order valence-electron chi connectivity index (χ1n) is 10.9. The Labute approximate surface area is 196 Å². The molecule has 5 rings (SSSR count). The summed E-state index contributed by atoms with van der Waals surface area (Å²) in [5, 5.41) is 3.17. The lowest BCUT2D eigenvalue weighted by Crippen LogP contribution is -2.50. The molecule has 2 aromatic heterocycles. The number of nitrogens with zero attached hydrogens (tertiary/aromatic N) is 6. The van der Waals surface area contributed by atoms with Crippen LogP contribution in [0.1, 0.15) is 20.8 Å². The Kier molecular flexibility index (Phi) is 5.54. The number of nitrogens with two attached hydrogens (primary N) is 1. The molecule has 2 aromatic carbocycles. The predicted molar refractivity (Wildman–Crippen MR) is 129 cm³/mol. The summed E-state index contributed by atoms with van der Waals surface area (Å²) >= 11 is 0. The molecule has 1 fully saturated rings. The summed E-state index contributed by atoms with van der Waals surface area (Å²) in [5.41, 5.74) is 9.39. The Hall–Kier alpha value is -4.47. The van der Waals surface area contributed by atoms with Gasteiger partial charge in [0.25, 0.3) is 11.8 Å². The fourth-order valence-corrected chi connectivity index (χ4v) is 3.96. The van der Waals surface area contributed by atoms with Crippen molar-refractivity contribution >= 4 is 40.2 Å². The zero-order chi connectivity index (χ0) is 23.7. The van der Waals surface area contributed by atoms with E-state index in [4.69, 9.17) is 5.73 Å². The van der Waals surface area contributed by atoms with Crippen LogP contribution in [0.3, 0.4) is 0 Å². The lowest BCUT2D eigenvalue weighted by Gasteiger charge is -2.34. The van der Waals surface area contributed by atoms with Crippen LogP contribution in [-0.4, -0.2) is 67.3 Å². The Morgan fingerprint density at radius 3 is 2.12 bits per heavy atom. The van der Waals surface area contributed by atoms with Crippen molar-refractivity contribution < 1.29 is 9.59 Å². The molecule has 1 aliphatic heterocycles. The van der Waals surface area contributed by atoms with Gasteiger partial charge in [0.05, 0.1) is 23.6 Å². The fraction of sp³-hybridized carbons (Fsp3) is 0.208. The van der Waals surface area contributed by atoms with E-state index in [1.54, 1.807) is 46.1 Å². The molecular formula is C24H24N8O2. The molecule has 0 atom stereocenters.